The average molecular weight is 339 g/mol. The van der Waals surface area contributed by atoms with Crippen molar-refractivity contribution >= 4 is 32.8 Å². The molecule has 0 aliphatic carbocycles. The van der Waals surface area contributed by atoms with Crippen molar-refractivity contribution in [3.05, 3.63) is 46.3 Å². The molecule has 5 nitrogen and oxygen atoms in total. The summed E-state index contributed by atoms with van der Waals surface area (Å²) in [5.74, 6) is 0. The van der Waals surface area contributed by atoms with E-state index < -0.39 is 0 Å². The van der Waals surface area contributed by atoms with Crippen molar-refractivity contribution in [2.45, 2.75) is 13.0 Å². The normalized spacial score (nSPS) is 13.6. The van der Waals surface area contributed by atoms with Crippen LogP contribution >= 0.6 is 22.7 Å². The van der Waals surface area contributed by atoms with E-state index in [1.54, 1.807) is 11.3 Å². The minimum atomic E-state index is 0.626. The van der Waals surface area contributed by atoms with Crippen LogP contribution in [-0.2, 0) is 13.0 Å². The molecule has 1 aromatic carbocycles. The van der Waals surface area contributed by atoms with Crippen LogP contribution in [0.5, 0.6) is 0 Å². The summed E-state index contributed by atoms with van der Waals surface area (Å²) in [6.45, 7) is 1.58. The molecule has 7 heteroatoms. The lowest BCUT2D eigenvalue weighted by molar-refractivity contribution is 0.735. The predicted octanol–water partition coefficient (Wildman–Crippen LogP) is 3.28. The van der Waals surface area contributed by atoms with Gasteiger partial charge in [-0.15, -0.1) is 21.5 Å². The number of thiophene rings is 1. The molecule has 3 aromatic rings. The van der Waals surface area contributed by atoms with E-state index in [9.17, 15) is 5.26 Å². The highest BCUT2D eigenvalue weighted by molar-refractivity contribution is 7.18. The van der Waals surface area contributed by atoms with Gasteiger partial charge in [-0.1, -0.05) is 41.7 Å². The third kappa shape index (κ3) is 2.46. The summed E-state index contributed by atoms with van der Waals surface area (Å²) in [4.78, 5) is 3.38. The largest absolute Gasteiger partial charge is 0.389 e. The highest BCUT2D eigenvalue weighted by atomic mass is 32.1. The van der Waals surface area contributed by atoms with Crippen LogP contribution in [0.2, 0.25) is 0 Å². The molecule has 0 atom stereocenters. The zero-order valence-electron chi connectivity index (χ0n) is 12.2. The summed E-state index contributed by atoms with van der Waals surface area (Å²) in [6.07, 6.45) is 0.826. The SMILES string of the molecule is N#Cc1c(N)sc2c1CCN(c1nnc(-c3ccccc3)s1)C2. The van der Waals surface area contributed by atoms with Crippen LogP contribution in [0.1, 0.15) is 16.0 Å². The predicted molar refractivity (Wildman–Crippen MR) is 93.5 cm³/mol. The lowest BCUT2D eigenvalue weighted by Gasteiger charge is -2.25. The molecule has 3 heterocycles. The van der Waals surface area contributed by atoms with Crippen LogP contribution < -0.4 is 10.6 Å². The molecule has 0 unspecified atom stereocenters. The Bertz CT molecular complexity index is 891. The number of aromatic nitrogens is 2. The number of nitriles is 1. The molecule has 2 aromatic heterocycles. The number of nitrogens with zero attached hydrogens (tertiary/aromatic N) is 4. The van der Waals surface area contributed by atoms with Crippen LogP contribution in [-0.4, -0.2) is 16.7 Å². The Morgan fingerprint density at radius 1 is 1.17 bits per heavy atom. The van der Waals surface area contributed by atoms with Gasteiger partial charge in [0, 0.05) is 17.0 Å². The molecule has 114 valence electrons. The van der Waals surface area contributed by atoms with E-state index >= 15 is 0 Å². The third-order valence-corrected chi connectivity index (χ3v) is 5.98. The second-order valence-electron chi connectivity index (χ2n) is 5.28. The Morgan fingerprint density at radius 3 is 2.78 bits per heavy atom. The van der Waals surface area contributed by atoms with E-state index in [4.69, 9.17) is 5.73 Å². The molecule has 1 aliphatic heterocycles. The van der Waals surface area contributed by atoms with Crippen molar-refractivity contribution in [1.82, 2.24) is 10.2 Å². The zero-order valence-corrected chi connectivity index (χ0v) is 13.8. The van der Waals surface area contributed by atoms with Crippen LogP contribution in [0.3, 0.4) is 0 Å². The summed E-state index contributed by atoms with van der Waals surface area (Å²) >= 11 is 3.11. The van der Waals surface area contributed by atoms with E-state index in [-0.39, 0.29) is 0 Å². The van der Waals surface area contributed by atoms with Gasteiger partial charge in [0.25, 0.3) is 0 Å². The number of fused-ring (bicyclic) bond motifs is 1. The first-order chi connectivity index (χ1) is 11.3. The highest BCUT2D eigenvalue weighted by Gasteiger charge is 2.25. The summed E-state index contributed by atoms with van der Waals surface area (Å²) in [5, 5.41) is 20.3. The van der Waals surface area contributed by atoms with Crippen molar-refractivity contribution in [2.75, 3.05) is 17.2 Å². The maximum Gasteiger partial charge on any atom is 0.208 e. The van der Waals surface area contributed by atoms with Gasteiger partial charge in [-0.2, -0.15) is 5.26 Å². The van der Waals surface area contributed by atoms with Crippen LogP contribution in [0.4, 0.5) is 10.1 Å². The molecule has 2 N–H and O–H groups in total. The summed E-state index contributed by atoms with van der Waals surface area (Å²) in [6, 6.07) is 12.3. The van der Waals surface area contributed by atoms with Crippen LogP contribution in [0, 0.1) is 11.3 Å². The van der Waals surface area contributed by atoms with Crippen molar-refractivity contribution in [3.63, 3.8) is 0 Å². The van der Waals surface area contributed by atoms with Gasteiger partial charge in [0.05, 0.1) is 12.1 Å². The molecule has 23 heavy (non-hydrogen) atoms. The minimum Gasteiger partial charge on any atom is -0.389 e. The molecule has 4 rings (SSSR count). The van der Waals surface area contributed by atoms with Crippen molar-refractivity contribution in [1.29, 1.82) is 5.26 Å². The first kappa shape index (κ1) is 14.2. The lowest BCUT2D eigenvalue weighted by Crippen LogP contribution is -2.29. The highest BCUT2D eigenvalue weighted by Crippen LogP contribution is 2.37. The standard InChI is InChI=1S/C16H13N5S2/c17-8-12-11-6-7-21(9-13(11)22-14(12)18)16-20-19-15(23-16)10-4-2-1-3-5-10/h1-5H,6-7,9,18H2. The quantitative estimate of drug-likeness (QED) is 0.775. The Balaban J connectivity index is 1.61. The van der Waals surface area contributed by atoms with Gasteiger partial charge in [-0.3, -0.25) is 0 Å². The molecular formula is C16H13N5S2. The monoisotopic (exact) mass is 339 g/mol. The number of hydrogen-bond donors (Lipinski definition) is 1. The fourth-order valence-corrected chi connectivity index (χ4v) is 4.71. The van der Waals surface area contributed by atoms with Crippen molar-refractivity contribution in [2.24, 2.45) is 0 Å². The Labute approximate surface area is 141 Å². The number of rotatable bonds is 2. The molecule has 0 bridgehead atoms. The topological polar surface area (TPSA) is 78.8 Å². The summed E-state index contributed by atoms with van der Waals surface area (Å²) < 4.78 is 0. The number of nitrogen functional groups attached to an aromatic ring is 1. The van der Waals surface area contributed by atoms with E-state index in [1.165, 1.54) is 16.2 Å². The Hall–Kier alpha value is -2.43. The van der Waals surface area contributed by atoms with Gasteiger partial charge >= 0.3 is 0 Å². The first-order valence-electron chi connectivity index (χ1n) is 7.20. The molecule has 1 aliphatic rings. The first-order valence-corrected chi connectivity index (χ1v) is 8.83. The molecular weight excluding hydrogens is 326 g/mol. The van der Waals surface area contributed by atoms with Gasteiger partial charge in [0.15, 0.2) is 0 Å². The summed E-state index contributed by atoms with van der Waals surface area (Å²) in [5.41, 5.74) is 8.80. The molecule has 0 saturated carbocycles. The van der Waals surface area contributed by atoms with E-state index in [0.29, 0.717) is 10.6 Å². The number of hydrogen-bond acceptors (Lipinski definition) is 7. The number of benzene rings is 1. The molecule has 0 saturated heterocycles. The second-order valence-corrected chi connectivity index (χ2v) is 7.37. The van der Waals surface area contributed by atoms with E-state index in [1.807, 2.05) is 30.3 Å². The smallest absolute Gasteiger partial charge is 0.208 e. The summed E-state index contributed by atoms with van der Waals surface area (Å²) in [7, 11) is 0. The maximum absolute atomic E-state index is 9.22. The fraction of sp³-hybridized carbons (Fsp3) is 0.188. The minimum absolute atomic E-state index is 0.626. The Morgan fingerprint density at radius 2 is 2.00 bits per heavy atom. The lowest BCUT2D eigenvalue weighted by atomic mass is 10.0. The second kappa shape index (κ2) is 5.65. The number of anilines is 2. The van der Waals surface area contributed by atoms with E-state index in [2.05, 4.69) is 21.2 Å². The molecule has 0 radical (unpaired) electrons. The van der Waals surface area contributed by atoms with Gasteiger partial charge in [-0.25, -0.2) is 0 Å². The Kier molecular flexibility index (Phi) is 3.48. The van der Waals surface area contributed by atoms with Crippen LogP contribution in [0.25, 0.3) is 10.6 Å². The van der Waals surface area contributed by atoms with Crippen molar-refractivity contribution in [3.8, 4) is 16.6 Å². The third-order valence-electron chi connectivity index (χ3n) is 3.90. The van der Waals surface area contributed by atoms with Gasteiger partial charge in [0.1, 0.15) is 16.1 Å². The van der Waals surface area contributed by atoms with Gasteiger partial charge in [0.2, 0.25) is 5.13 Å². The van der Waals surface area contributed by atoms with Crippen LogP contribution in [0.15, 0.2) is 30.3 Å². The van der Waals surface area contributed by atoms with Gasteiger partial charge < -0.3 is 10.6 Å². The van der Waals surface area contributed by atoms with Crippen molar-refractivity contribution < 1.29 is 0 Å². The zero-order chi connectivity index (χ0) is 15.8. The average Bonchev–Trinajstić information content (AvgIpc) is 3.18. The van der Waals surface area contributed by atoms with E-state index in [0.717, 1.165) is 40.8 Å². The fourth-order valence-electron chi connectivity index (χ4n) is 2.75. The van der Waals surface area contributed by atoms with Gasteiger partial charge in [-0.05, 0) is 12.0 Å². The maximum atomic E-state index is 9.22. The molecule has 0 spiro atoms. The molecule has 0 amide bonds. The molecule has 0 fully saturated rings. The number of nitrogens with two attached hydrogens (primary N) is 1.